The first-order valence-electron chi connectivity index (χ1n) is 30.9. The van der Waals surface area contributed by atoms with E-state index < -0.39 is 0 Å². The Morgan fingerprint density at radius 3 is 1.64 bits per heavy atom. The monoisotopic (exact) mass is 1030 g/mol. The van der Waals surface area contributed by atoms with E-state index in [0.717, 1.165) is 138 Å². The summed E-state index contributed by atoms with van der Waals surface area (Å²) in [6, 6.07) is 0. The fourth-order valence-electron chi connectivity index (χ4n) is 18.2. The second-order valence-electron chi connectivity index (χ2n) is 26.2. The summed E-state index contributed by atoms with van der Waals surface area (Å²) in [7, 11) is 0. The van der Waals surface area contributed by atoms with Crippen molar-refractivity contribution >= 4 is 28.9 Å². The summed E-state index contributed by atoms with van der Waals surface area (Å²) in [5.74, 6) is 7.69. The van der Waals surface area contributed by atoms with Gasteiger partial charge in [-0.25, -0.2) is 0 Å². The minimum absolute atomic E-state index is 0. The smallest absolute Gasteiger partial charge is 0.156 e. The first kappa shape index (κ1) is 56.5. The third kappa shape index (κ3) is 12.0. The zero-order valence-electron chi connectivity index (χ0n) is 46.6. The van der Waals surface area contributed by atoms with Gasteiger partial charge in [0, 0.05) is 44.9 Å². The van der Waals surface area contributed by atoms with Gasteiger partial charge in [0.1, 0.15) is 11.6 Å². The molecule has 5 heteroatoms. The van der Waals surface area contributed by atoms with E-state index in [1.54, 1.807) is 27.9 Å². The molecule has 4 fully saturated rings. The van der Waals surface area contributed by atoms with Crippen LogP contribution in [0.2, 0.25) is 0 Å². The summed E-state index contributed by atoms with van der Waals surface area (Å²) >= 11 is 0. The second kappa shape index (κ2) is 24.8. The average molecular weight is 1030 g/mol. The summed E-state index contributed by atoms with van der Waals surface area (Å²) in [6.07, 6.45) is 53.4. The largest absolute Gasteiger partial charge is 0.299 e. The van der Waals surface area contributed by atoms with Gasteiger partial charge in [-0.05, 0) is 277 Å². The van der Waals surface area contributed by atoms with Gasteiger partial charge < -0.3 is 0 Å². The highest BCUT2D eigenvalue weighted by Gasteiger charge is 2.55. The van der Waals surface area contributed by atoms with E-state index in [-0.39, 0.29) is 7.43 Å². The highest BCUT2D eigenvalue weighted by atomic mass is 16.1. The van der Waals surface area contributed by atoms with Gasteiger partial charge in [0.05, 0.1) is 0 Å². The number of carbonyl (C=O) groups is 5. The Balaban J connectivity index is 0.000000120. The summed E-state index contributed by atoms with van der Waals surface area (Å²) < 4.78 is 0. The highest BCUT2D eigenvalue weighted by molar-refractivity contribution is 5.94. The third-order valence-electron chi connectivity index (χ3n) is 22.3. The van der Waals surface area contributed by atoms with Gasteiger partial charge in [0.15, 0.2) is 17.3 Å². The zero-order chi connectivity index (χ0) is 52.3. The lowest BCUT2D eigenvalue weighted by molar-refractivity contribution is -0.119. The van der Waals surface area contributed by atoms with Crippen molar-refractivity contribution in [2.75, 3.05) is 0 Å². The van der Waals surface area contributed by atoms with Gasteiger partial charge in [0.25, 0.3) is 0 Å². The van der Waals surface area contributed by atoms with Crippen LogP contribution in [0.4, 0.5) is 0 Å². The molecule has 0 amide bonds. The maximum Gasteiger partial charge on any atom is 0.156 e. The van der Waals surface area contributed by atoms with Crippen molar-refractivity contribution in [2.24, 2.45) is 52.3 Å². The van der Waals surface area contributed by atoms with Crippen molar-refractivity contribution in [2.45, 2.75) is 240 Å². The Kier molecular flexibility index (Phi) is 18.4. The van der Waals surface area contributed by atoms with Crippen LogP contribution in [0.25, 0.3) is 0 Å². The van der Waals surface area contributed by atoms with E-state index in [9.17, 15) is 24.0 Å². The standard InChI is InChI=1S/C20H28O.C20H26O.C10H14O.2C10H12O.CH4/c2*1-3-14-5-9-19-18-7-4-13-12-15(21)6-8-16(13)17(18)10-11-20(14,19)2;3*11-10-6-5-8-3-1-2-4-9(8)7-10;/h3,14,17-19H,1,4-12H2,2H3;3,12,14,18-19H,1,4-11H2,2H3;1-7H2;2*3,7H,1-2,4-6H2;1H4/t14-,17?,18?,19?,20+;14-,18?,19?,20+;;;;/m00..../s1. The highest BCUT2D eigenvalue weighted by Crippen LogP contribution is 2.64. The lowest BCUT2D eigenvalue weighted by atomic mass is 9.53. The molecule has 14 rings (SSSR count). The molecule has 0 aromatic rings. The predicted molar refractivity (Wildman–Crippen MR) is 311 cm³/mol. The van der Waals surface area contributed by atoms with Gasteiger partial charge in [0.2, 0.25) is 0 Å². The maximum atomic E-state index is 11.7. The molecule has 0 saturated heterocycles. The number of hydrogen-bond donors (Lipinski definition) is 0. The van der Waals surface area contributed by atoms with E-state index in [4.69, 9.17) is 0 Å². The van der Waals surface area contributed by atoms with E-state index in [1.807, 2.05) is 18.2 Å². The maximum absolute atomic E-state index is 11.7. The lowest BCUT2D eigenvalue weighted by Gasteiger charge is -2.52. The van der Waals surface area contributed by atoms with Crippen molar-refractivity contribution in [1.29, 1.82) is 0 Å². The molecule has 0 N–H and O–H groups in total. The molecule has 5 unspecified atom stereocenters. The van der Waals surface area contributed by atoms with E-state index in [2.05, 4.69) is 51.3 Å². The van der Waals surface area contributed by atoms with Crippen molar-refractivity contribution < 1.29 is 24.0 Å². The molecule has 0 aromatic carbocycles. The van der Waals surface area contributed by atoms with Crippen LogP contribution in [0, 0.1) is 52.3 Å². The molecule has 4 saturated carbocycles. The lowest BCUT2D eigenvalue weighted by Crippen LogP contribution is -2.43. The zero-order valence-corrected chi connectivity index (χ0v) is 46.6. The van der Waals surface area contributed by atoms with Gasteiger partial charge in [-0.15, -0.1) is 13.2 Å². The van der Waals surface area contributed by atoms with Gasteiger partial charge in [-0.3, -0.25) is 24.0 Å². The number of fused-ring (bicyclic) bond motifs is 10. The fourth-order valence-corrected chi connectivity index (χ4v) is 18.2. The van der Waals surface area contributed by atoms with Crippen molar-refractivity contribution in [3.8, 4) is 0 Å². The Morgan fingerprint density at radius 2 is 1.00 bits per heavy atom. The Labute approximate surface area is 459 Å². The quantitative estimate of drug-likeness (QED) is 0.257. The van der Waals surface area contributed by atoms with Gasteiger partial charge in [-0.2, -0.15) is 0 Å². The molecule has 76 heavy (non-hydrogen) atoms. The minimum atomic E-state index is 0. The van der Waals surface area contributed by atoms with Crippen LogP contribution in [0.1, 0.15) is 240 Å². The molecule has 410 valence electrons. The number of hydrogen-bond acceptors (Lipinski definition) is 5. The van der Waals surface area contributed by atoms with Crippen LogP contribution < -0.4 is 0 Å². The van der Waals surface area contributed by atoms with E-state index in [0.29, 0.717) is 39.7 Å². The number of allylic oxidation sites excluding steroid dienone is 18. The van der Waals surface area contributed by atoms with Crippen LogP contribution in [0.3, 0.4) is 0 Å². The first-order valence-corrected chi connectivity index (χ1v) is 30.9. The summed E-state index contributed by atoms with van der Waals surface area (Å²) in [4.78, 5) is 56.5. The summed E-state index contributed by atoms with van der Waals surface area (Å²) in [5, 5.41) is 0. The average Bonchev–Trinajstić information content (AvgIpc) is 3.99. The molecule has 14 aliphatic rings. The molecule has 5 nitrogen and oxygen atoms in total. The summed E-state index contributed by atoms with van der Waals surface area (Å²) in [5.41, 5.74) is 17.6. The van der Waals surface area contributed by atoms with E-state index in [1.165, 1.54) is 155 Å². The van der Waals surface area contributed by atoms with Crippen molar-refractivity contribution in [3.63, 3.8) is 0 Å². The third-order valence-corrected chi connectivity index (χ3v) is 22.3. The number of carbonyl (C=O) groups excluding carboxylic acids is 5. The molecule has 0 aromatic heterocycles. The molecule has 14 aliphatic carbocycles. The number of rotatable bonds is 2. The van der Waals surface area contributed by atoms with Crippen LogP contribution in [0.15, 0.2) is 117 Å². The first-order chi connectivity index (χ1) is 36.3. The van der Waals surface area contributed by atoms with Crippen molar-refractivity contribution in [3.05, 3.63) is 117 Å². The molecule has 0 aliphatic heterocycles. The van der Waals surface area contributed by atoms with E-state index >= 15 is 0 Å². The number of ketones is 5. The second-order valence-corrected chi connectivity index (χ2v) is 26.2. The molecule has 0 radical (unpaired) electrons. The fraction of sp³-hybridized carbons (Fsp3) is 0.648. The Hall–Kier alpha value is -4.25. The topological polar surface area (TPSA) is 85.3 Å². The van der Waals surface area contributed by atoms with Crippen LogP contribution in [0.5, 0.6) is 0 Å². The van der Waals surface area contributed by atoms with Crippen LogP contribution >= 0.6 is 0 Å². The normalized spacial score (nSPS) is 34.8. The van der Waals surface area contributed by atoms with Gasteiger partial charge in [-0.1, -0.05) is 73.4 Å². The SMILES string of the molecule is C.C=C[C@H]1CCC2C3CCC4=C(CCC(=O)C4)C3CC[C@@]21C.C=C[C@H]1CCC2C3CCC4=CC(=O)CCC4=C3CC[C@@]21C.O=C1C=C2CCCC=C2CC1.O=C1C=C2CCCC=C2CC1.O=C1CCC2=C(CCCC2)C1. The molecule has 0 spiro atoms. The van der Waals surface area contributed by atoms with Crippen molar-refractivity contribution in [1.82, 2.24) is 0 Å². The van der Waals surface area contributed by atoms with Crippen LogP contribution in [-0.4, -0.2) is 28.9 Å². The molecule has 0 bridgehead atoms. The minimum Gasteiger partial charge on any atom is -0.299 e. The predicted octanol–water partition coefficient (Wildman–Crippen LogP) is 18.1. The number of Topliss-reactive ketones (excluding diaryl/α,β-unsaturated/α-hetero) is 2. The van der Waals surface area contributed by atoms with Gasteiger partial charge >= 0.3 is 0 Å². The Bertz CT molecular complexity index is 2520. The molecule has 0 heterocycles. The van der Waals surface area contributed by atoms with Crippen LogP contribution in [-0.2, 0) is 24.0 Å². The molecule has 9 atom stereocenters. The Morgan fingerprint density at radius 1 is 0.434 bits per heavy atom. The molecular weight excluding hydrogens is 933 g/mol. The summed E-state index contributed by atoms with van der Waals surface area (Å²) in [6.45, 7) is 13.3. The molecular formula is C71H96O5.